The van der Waals surface area contributed by atoms with Crippen LogP contribution < -0.4 is 0 Å². The first kappa shape index (κ1) is 12.4. The Morgan fingerprint density at radius 2 is 2.18 bits per heavy atom. The molecule has 2 rings (SSSR count). The molecule has 0 aromatic heterocycles. The van der Waals surface area contributed by atoms with Crippen molar-refractivity contribution < 1.29 is 14.6 Å². The second-order valence-electron chi connectivity index (χ2n) is 5.24. The Balaban J connectivity index is 2.26. The van der Waals surface area contributed by atoms with Crippen LogP contribution in [0.15, 0.2) is 23.5 Å². The Kier molecular flexibility index (Phi) is 3.38. The first-order valence-corrected chi connectivity index (χ1v) is 6.25. The van der Waals surface area contributed by atoms with Crippen molar-refractivity contribution in [1.82, 2.24) is 0 Å². The zero-order chi connectivity index (χ0) is 12.6. The lowest BCUT2D eigenvalue weighted by Gasteiger charge is -2.34. The number of rotatable bonds is 2. The van der Waals surface area contributed by atoms with E-state index in [-0.39, 0.29) is 11.7 Å². The summed E-state index contributed by atoms with van der Waals surface area (Å²) in [4.78, 5) is 10.9. The highest BCUT2D eigenvalue weighted by atomic mass is 16.6. The fourth-order valence-corrected chi connectivity index (χ4v) is 3.06. The van der Waals surface area contributed by atoms with Gasteiger partial charge in [0, 0.05) is 5.92 Å². The van der Waals surface area contributed by atoms with Crippen LogP contribution >= 0.6 is 0 Å². The Bertz CT molecular complexity index is 381. The SMILES string of the molecule is CC(=O)/C=C/C1=C(C)[C@H]2CC[C@@H](C)[C@@H]2[C@H](O)O1. The smallest absolute Gasteiger partial charge is 0.201 e. The van der Waals surface area contributed by atoms with Gasteiger partial charge in [0.1, 0.15) is 5.76 Å². The summed E-state index contributed by atoms with van der Waals surface area (Å²) in [7, 11) is 0. The quantitative estimate of drug-likeness (QED) is 0.749. The zero-order valence-corrected chi connectivity index (χ0v) is 10.6. The Morgan fingerprint density at radius 3 is 2.82 bits per heavy atom. The van der Waals surface area contributed by atoms with E-state index >= 15 is 0 Å². The second-order valence-corrected chi connectivity index (χ2v) is 5.24. The van der Waals surface area contributed by atoms with Crippen molar-refractivity contribution in [1.29, 1.82) is 0 Å². The largest absolute Gasteiger partial charge is 0.465 e. The van der Waals surface area contributed by atoms with E-state index < -0.39 is 6.29 Å². The Labute approximate surface area is 102 Å². The molecule has 1 aliphatic heterocycles. The number of ether oxygens (including phenoxy) is 1. The van der Waals surface area contributed by atoms with Crippen LogP contribution in [0.25, 0.3) is 0 Å². The van der Waals surface area contributed by atoms with Gasteiger partial charge in [-0.2, -0.15) is 0 Å². The molecular weight excluding hydrogens is 216 g/mol. The first-order chi connectivity index (χ1) is 8.00. The molecule has 4 atom stereocenters. The minimum Gasteiger partial charge on any atom is -0.465 e. The van der Waals surface area contributed by atoms with Crippen molar-refractivity contribution in [2.75, 3.05) is 0 Å². The monoisotopic (exact) mass is 236 g/mol. The number of carbonyl (C=O) groups is 1. The van der Waals surface area contributed by atoms with E-state index in [0.29, 0.717) is 17.6 Å². The van der Waals surface area contributed by atoms with E-state index in [1.807, 2.05) is 6.92 Å². The molecule has 0 spiro atoms. The topological polar surface area (TPSA) is 46.5 Å². The van der Waals surface area contributed by atoms with Crippen LogP contribution in [0.4, 0.5) is 0 Å². The van der Waals surface area contributed by atoms with Crippen molar-refractivity contribution >= 4 is 5.78 Å². The summed E-state index contributed by atoms with van der Waals surface area (Å²) in [5.41, 5.74) is 1.17. The maximum absolute atomic E-state index is 10.9. The van der Waals surface area contributed by atoms with Crippen LogP contribution in [0.2, 0.25) is 0 Å². The molecule has 2 aliphatic rings. The molecule has 0 bridgehead atoms. The summed E-state index contributed by atoms with van der Waals surface area (Å²) in [5.74, 6) is 1.78. The van der Waals surface area contributed by atoms with Gasteiger partial charge in [-0.1, -0.05) is 6.92 Å². The van der Waals surface area contributed by atoms with Gasteiger partial charge >= 0.3 is 0 Å². The number of hydrogen-bond donors (Lipinski definition) is 1. The number of allylic oxidation sites excluding steroid dienone is 3. The molecule has 3 nitrogen and oxygen atoms in total. The summed E-state index contributed by atoms with van der Waals surface area (Å²) in [5, 5.41) is 10.0. The summed E-state index contributed by atoms with van der Waals surface area (Å²) in [6, 6.07) is 0. The first-order valence-electron chi connectivity index (χ1n) is 6.25. The van der Waals surface area contributed by atoms with Crippen LogP contribution in [0, 0.1) is 17.8 Å². The highest BCUT2D eigenvalue weighted by Crippen LogP contribution is 2.47. The molecule has 3 heteroatoms. The molecule has 1 saturated carbocycles. The maximum Gasteiger partial charge on any atom is 0.201 e. The van der Waals surface area contributed by atoms with Crippen LogP contribution in [0.3, 0.4) is 0 Å². The van der Waals surface area contributed by atoms with E-state index in [2.05, 4.69) is 6.92 Å². The molecule has 0 radical (unpaired) electrons. The van der Waals surface area contributed by atoms with Crippen molar-refractivity contribution in [3.05, 3.63) is 23.5 Å². The van der Waals surface area contributed by atoms with E-state index in [4.69, 9.17) is 4.74 Å². The van der Waals surface area contributed by atoms with E-state index in [0.717, 1.165) is 12.8 Å². The van der Waals surface area contributed by atoms with Gasteiger partial charge in [-0.05, 0) is 56.3 Å². The third kappa shape index (κ3) is 2.29. The van der Waals surface area contributed by atoms with Gasteiger partial charge in [0.25, 0.3) is 0 Å². The summed E-state index contributed by atoms with van der Waals surface area (Å²) < 4.78 is 5.53. The molecule has 1 fully saturated rings. The van der Waals surface area contributed by atoms with Gasteiger partial charge in [-0.3, -0.25) is 4.79 Å². The molecule has 94 valence electrons. The highest BCUT2D eigenvalue weighted by molar-refractivity contribution is 5.87. The predicted molar refractivity (Wildman–Crippen MR) is 65.0 cm³/mol. The number of hydrogen-bond acceptors (Lipinski definition) is 3. The van der Waals surface area contributed by atoms with Crippen molar-refractivity contribution in [2.24, 2.45) is 17.8 Å². The van der Waals surface area contributed by atoms with Gasteiger partial charge in [-0.15, -0.1) is 0 Å². The summed E-state index contributed by atoms with van der Waals surface area (Å²) >= 11 is 0. The van der Waals surface area contributed by atoms with Crippen molar-refractivity contribution in [3.8, 4) is 0 Å². The standard InChI is InChI=1S/C14H20O3/c1-8-4-6-11-10(3)12(7-5-9(2)15)17-14(16)13(8)11/h5,7-8,11,13-14,16H,4,6H2,1-3H3/b7-5+/t8-,11-,13+,14-/m1/s1. The van der Waals surface area contributed by atoms with Crippen LogP contribution in [-0.2, 0) is 9.53 Å². The molecule has 0 aromatic carbocycles. The van der Waals surface area contributed by atoms with Gasteiger partial charge < -0.3 is 9.84 Å². The lowest BCUT2D eigenvalue weighted by atomic mass is 9.83. The minimum absolute atomic E-state index is 0.00898. The predicted octanol–water partition coefficient (Wildman–Crippen LogP) is 2.42. The lowest BCUT2D eigenvalue weighted by molar-refractivity contribution is -0.130. The van der Waals surface area contributed by atoms with E-state index in [9.17, 15) is 9.90 Å². The summed E-state index contributed by atoms with van der Waals surface area (Å²) in [6.07, 6.45) is 4.68. The number of aliphatic hydroxyl groups is 1. The van der Waals surface area contributed by atoms with E-state index in [1.54, 1.807) is 6.08 Å². The van der Waals surface area contributed by atoms with Gasteiger partial charge in [-0.25, -0.2) is 0 Å². The van der Waals surface area contributed by atoms with Crippen LogP contribution in [-0.4, -0.2) is 17.2 Å². The number of aliphatic hydroxyl groups excluding tert-OH is 1. The molecular formula is C14H20O3. The molecule has 0 saturated heterocycles. The molecule has 17 heavy (non-hydrogen) atoms. The molecule has 0 unspecified atom stereocenters. The van der Waals surface area contributed by atoms with Crippen LogP contribution in [0.1, 0.15) is 33.6 Å². The van der Waals surface area contributed by atoms with Crippen molar-refractivity contribution in [3.63, 3.8) is 0 Å². The van der Waals surface area contributed by atoms with Gasteiger partial charge in [0.2, 0.25) is 6.29 Å². The van der Waals surface area contributed by atoms with Gasteiger partial charge in [0.15, 0.2) is 5.78 Å². The normalized spacial score (nSPS) is 37.2. The number of ketones is 1. The number of carbonyl (C=O) groups excluding carboxylic acids is 1. The molecule has 1 aliphatic carbocycles. The van der Waals surface area contributed by atoms with E-state index in [1.165, 1.54) is 18.6 Å². The Morgan fingerprint density at radius 1 is 1.47 bits per heavy atom. The fourth-order valence-electron chi connectivity index (χ4n) is 3.06. The summed E-state index contributed by atoms with van der Waals surface area (Å²) in [6.45, 7) is 5.72. The second kappa shape index (κ2) is 4.65. The van der Waals surface area contributed by atoms with Crippen LogP contribution in [0.5, 0.6) is 0 Å². The molecule has 1 heterocycles. The third-order valence-electron chi connectivity index (χ3n) is 4.05. The number of fused-ring (bicyclic) bond motifs is 1. The Hall–Kier alpha value is -1.09. The van der Waals surface area contributed by atoms with Gasteiger partial charge in [0.05, 0.1) is 0 Å². The fraction of sp³-hybridized carbons (Fsp3) is 0.643. The minimum atomic E-state index is -0.729. The lowest BCUT2D eigenvalue weighted by Crippen LogP contribution is -2.35. The molecule has 0 aromatic rings. The zero-order valence-electron chi connectivity index (χ0n) is 10.6. The highest BCUT2D eigenvalue weighted by Gasteiger charge is 2.43. The van der Waals surface area contributed by atoms with Crippen molar-refractivity contribution in [2.45, 2.75) is 39.9 Å². The average Bonchev–Trinajstić information content (AvgIpc) is 2.64. The molecule has 1 N–H and O–H groups in total. The third-order valence-corrected chi connectivity index (χ3v) is 4.05. The maximum atomic E-state index is 10.9. The molecule has 0 amide bonds. The average molecular weight is 236 g/mol.